The number of nitrogens with one attached hydrogen (secondary N) is 2. The van der Waals surface area contributed by atoms with Crippen LogP contribution in [0.5, 0.6) is 5.75 Å². The van der Waals surface area contributed by atoms with Crippen molar-refractivity contribution in [2.24, 2.45) is 5.92 Å². The van der Waals surface area contributed by atoms with Crippen molar-refractivity contribution in [3.05, 3.63) is 87.2 Å². The lowest BCUT2D eigenvalue weighted by Crippen LogP contribution is -2.19. The third-order valence-corrected chi connectivity index (χ3v) is 7.09. The molecule has 188 valence electrons. The van der Waals surface area contributed by atoms with Crippen molar-refractivity contribution in [3.63, 3.8) is 0 Å². The molecule has 2 N–H and O–H groups in total. The molecule has 0 unspecified atom stereocenters. The summed E-state index contributed by atoms with van der Waals surface area (Å²) in [7, 11) is 1.27. The fourth-order valence-corrected chi connectivity index (χ4v) is 5.13. The zero-order chi connectivity index (χ0) is 26.4. The quantitative estimate of drug-likeness (QED) is 0.304. The fraction of sp³-hybridized carbons (Fsp3) is 0.167. The van der Waals surface area contributed by atoms with E-state index >= 15 is 0 Å². The molecule has 0 heterocycles. The second-order valence-corrected chi connectivity index (χ2v) is 10.2. The molecule has 1 aliphatic carbocycles. The summed E-state index contributed by atoms with van der Waals surface area (Å²) in [5, 5.41) is 4.73. The average molecular weight is 578 g/mol. The lowest BCUT2D eigenvalue weighted by atomic mass is 10.1. The second-order valence-electron chi connectivity index (χ2n) is 7.91. The van der Waals surface area contributed by atoms with Crippen molar-refractivity contribution in [1.82, 2.24) is 0 Å². The highest BCUT2D eigenvalue weighted by Crippen LogP contribution is 2.65. The normalized spacial score (nSPS) is 17.9. The highest BCUT2D eigenvalue weighted by molar-refractivity contribution is 6.53. The number of hydrogen-bond acceptors (Lipinski definition) is 3. The van der Waals surface area contributed by atoms with E-state index < -0.39 is 45.4 Å². The predicted octanol–water partition coefficient (Wildman–Crippen LogP) is 7.20. The average Bonchev–Trinajstić information content (AvgIpc) is 3.39. The van der Waals surface area contributed by atoms with Crippen LogP contribution >= 0.6 is 46.4 Å². The number of halogens is 7. The van der Waals surface area contributed by atoms with Gasteiger partial charge in [-0.2, -0.15) is 0 Å². The maximum absolute atomic E-state index is 14.0. The molecule has 1 fully saturated rings. The lowest BCUT2D eigenvalue weighted by molar-refractivity contribution is -0.117. The van der Waals surface area contributed by atoms with Crippen molar-refractivity contribution in [3.8, 4) is 5.75 Å². The number of methoxy groups -OCH3 is 1. The molecule has 2 amide bonds. The highest BCUT2D eigenvalue weighted by Gasteiger charge is 2.67. The summed E-state index contributed by atoms with van der Waals surface area (Å²) in [5.41, 5.74) is 0.162. The summed E-state index contributed by atoms with van der Waals surface area (Å²) in [6.07, 6.45) is 0. The van der Waals surface area contributed by atoms with Gasteiger partial charge in [0.1, 0.15) is 27.5 Å². The van der Waals surface area contributed by atoms with Crippen molar-refractivity contribution in [1.29, 1.82) is 0 Å². The summed E-state index contributed by atoms with van der Waals surface area (Å²) < 4.78 is 44.4. The Hall–Kier alpha value is -2.65. The number of benzene rings is 3. The number of carbonyl (C=O) groups is 2. The van der Waals surface area contributed by atoms with Gasteiger partial charge in [-0.05, 0) is 42.0 Å². The standard InChI is InChI=1S/C24H15Cl4F3N2O3/c1-36-21-13(22(34)33-18-5-3-11(29)7-17(18)31)8-12(9-15(21)26)32-23(35)20-19(24(20,27)28)10-2-4-16(30)14(25)6-10/h2-9,19-20H,1H3,(H,32,35)(H,33,34)/t19-,20+/m0/s1. The van der Waals surface area contributed by atoms with E-state index in [0.717, 1.165) is 18.2 Å². The van der Waals surface area contributed by atoms with E-state index in [4.69, 9.17) is 51.1 Å². The molecule has 1 aliphatic rings. The Morgan fingerprint density at radius 2 is 1.64 bits per heavy atom. The first-order valence-corrected chi connectivity index (χ1v) is 11.7. The first kappa shape index (κ1) is 26.4. The van der Waals surface area contributed by atoms with Crippen LogP contribution in [0.4, 0.5) is 24.5 Å². The zero-order valence-corrected chi connectivity index (χ0v) is 21.2. The van der Waals surface area contributed by atoms with Crippen LogP contribution in [0.2, 0.25) is 10.0 Å². The molecule has 4 rings (SSSR count). The third kappa shape index (κ3) is 5.09. The van der Waals surface area contributed by atoms with Crippen LogP contribution in [0.1, 0.15) is 21.8 Å². The summed E-state index contributed by atoms with van der Waals surface area (Å²) in [5.74, 6) is -5.48. The SMILES string of the molecule is COc1c(Cl)cc(NC(=O)[C@H]2[C@H](c3ccc(F)c(Cl)c3)C2(Cl)Cl)cc1C(=O)Nc1ccc(F)cc1F. The van der Waals surface area contributed by atoms with Gasteiger partial charge in [0.2, 0.25) is 5.91 Å². The number of alkyl halides is 2. The molecule has 0 spiro atoms. The van der Waals surface area contributed by atoms with Crippen molar-refractivity contribution in [2.75, 3.05) is 17.7 Å². The first-order chi connectivity index (χ1) is 16.9. The Morgan fingerprint density at radius 1 is 0.917 bits per heavy atom. The molecule has 0 bridgehead atoms. The molecule has 3 aromatic carbocycles. The van der Waals surface area contributed by atoms with Crippen LogP contribution in [0.3, 0.4) is 0 Å². The smallest absolute Gasteiger partial charge is 0.259 e. The molecular formula is C24H15Cl4F3N2O3. The first-order valence-electron chi connectivity index (χ1n) is 10.2. The van der Waals surface area contributed by atoms with E-state index in [-0.39, 0.29) is 32.7 Å². The lowest BCUT2D eigenvalue weighted by Gasteiger charge is -2.14. The minimum Gasteiger partial charge on any atom is -0.494 e. The third-order valence-electron chi connectivity index (χ3n) is 5.58. The largest absolute Gasteiger partial charge is 0.494 e. The summed E-state index contributed by atoms with van der Waals surface area (Å²) in [6, 6.07) is 9.16. The van der Waals surface area contributed by atoms with Gasteiger partial charge in [0.05, 0.1) is 34.3 Å². The van der Waals surface area contributed by atoms with Gasteiger partial charge in [-0.15, -0.1) is 23.2 Å². The molecule has 2 atom stereocenters. The molecule has 5 nitrogen and oxygen atoms in total. The van der Waals surface area contributed by atoms with E-state index in [1.807, 2.05) is 0 Å². The number of anilines is 2. The predicted molar refractivity (Wildman–Crippen MR) is 133 cm³/mol. The summed E-state index contributed by atoms with van der Waals surface area (Å²) in [6.45, 7) is 0. The van der Waals surface area contributed by atoms with Gasteiger partial charge in [0, 0.05) is 17.7 Å². The number of amides is 2. The molecule has 0 aromatic heterocycles. The highest BCUT2D eigenvalue weighted by atomic mass is 35.5. The van der Waals surface area contributed by atoms with Crippen molar-refractivity contribution < 1.29 is 27.5 Å². The molecule has 12 heteroatoms. The topological polar surface area (TPSA) is 67.4 Å². The molecule has 0 saturated heterocycles. The zero-order valence-electron chi connectivity index (χ0n) is 18.1. The summed E-state index contributed by atoms with van der Waals surface area (Å²) in [4.78, 5) is 25.9. The Kier molecular flexibility index (Phi) is 7.35. The maximum Gasteiger partial charge on any atom is 0.259 e. The minimum absolute atomic E-state index is 0.0271. The monoisotopic (exact) mass is 576 g/mol. The van der Waals surface area contributed by atoms with Crippen molar-refractivity contribution in [2.45, 2.75) is 10.3 Å². The van der Waals surface area contributed by atoms with Crippen LogP contribution < -0.4 is 15.4 Å². The molecule has 0 radical (unpaired) electrons. The van der Waals surface area contributed by atoms with Gasteiger partial charge in [-0.25, -0.2) is 13.2 Å². The van der Waals surface area contributed by atoms with Gasteiger partial charge >= 0.3 is 0 Å². The molecular weight excluding hydrogens is 563 g/mol. The number of ether oxygens (including phenoxy) is 1. The van der Waals surface area contributed by atoms with E-state index in [9.17, 15) is 22.8 Å². The minimum atomic E-state index is -1.48. The maximum atomic E-state index is 14.0. The molecule has 3 aromatic rings. The van der Waals surface area contributed by atoms with Gasteiger partial charge in [-0.3, -0.25) is 9.59 Å². The Balaban J connectivity index is 1.58. The van der Waals surface area contributed by atoms with Crippen molar-refractivity contribution >= 4 is 69.6 Å². The molecule has 1 saturated carbocycles. The fourth-order valence-electron chi connectivity index (χ4n) is 3.82. The van der Waals surface area contributed by atoms with Crippen LogP contribution in [0, 0.1) is 23.4 Å². The Morgan fingerprint density at radius 3 is 2.28 bits per heavy atom. The number of carbonyl (C=O) groups excluding carboxylic acids is 2. The Bertz CT molecular complexity index is 1390. The van der Waals surface area contributed by atoms with Gasteiger partial charge in [0.25, 0.3) is 5.91 Å². The number of rotatable bonds is 6. The van der Waals surface area contributed by atoms with Crippen LogP contribution in [0.25, 0.3) is 0 Å². The molecule has 36 heavy (non-hydrogen) atoms. The van der Waals surface area contributed by atoms with Crippen LogP contribution in [-0.2, 0) is 4.79 Å². The van der Waals surface area contributed by atoms with E-state index in [1.54, 1.807) is 0 Å². The van der Waals surface area contributed by atoms with E-state index in [2.05, 4.69) is 10.6 Å². The van der Waals surface area contributed by atoms with Crippen LogP contribution in [-0.4, -0.2) is 23.3 Å². The molecule has 0 aliphatic heterocycles. The van der Waals surface area contributed by atoms with Crippen LogP contribution in [0.15, 0.2) is 48.5 Å². The second kappa shape index (κ2) is 10.0. The van der Waals surface area contributed by atoms with E-state index in [1.165, 1.54) is 31.4 Å². The summed E-state index contributed by atoms with van der Waals surface area (Å²) >= 11 is 24.7. The van der Waals surface area contributed by atoms with Gasteiger partial charge in [-0.1, -0.05) is 29.3 Å². The Labute approximate surface area is 223 Å². The van der Waals surface area contributed by atoms with Gasteiger partial charge in [0.15, 0.2) is 0 Å². The van der Waals surface area contributed by atoms with Gasteiger partial charge < -0.3 is 15.4 Å². The van der Waals surface area contributed by atoms with E-state index in [0.29, 0.717) is 11.6 Å². The number of hydrogen-bond donors (Lipinski definition) is 2.